The fraction of sp³-hybridized carbons (Fsp3) is 0.458. The lowest BCUT2D eigenvalue weighted by atomic mass is 9.63. The molecule has 4 heteroatoms. The van der Waals surface area contributed by atoms with Crippen molar-refractivity contribution in [1.29, 1.82) is 0 Å². The van der Waals surface area contributed by atoms with Gasteiger partial charge in [-0.05, 0) is 54.9 Å². The zero-order valence-corrected chi connectivity index (χ0v) is 16.9. The van der Waals surface area contributed by atoms with E-state index in [1.54, 1.807) is 0 Å². The molecule has 2 aliphatic carbocycles. The molecule has 2 aromatic rings. The third kappa shape index (κ3) is 2.96. The molecule has 0 atom stereocenters. The van der Waals surface area contributed by atoms with Gasteiger partial charge in [0.25, 0.3) is 0 Å². The molecule has 2 saturated heterocycles. The Kier molecular flexibility index (Phi) is 4.48. The summed E-state index contributed by atoms with van der Waals surface area (Å²) < 4.78 is 0. The number of benzene rings is 2. The van der Waals surface area contributed by atoms with E-state index >= 15 is 0 Å². The molecule has 3 nitrogen and oxygen atoms in total. The number of nitrogens with zero attached hydrogens (tertiary/aromatic N) is 1. The molecule has 6 rings (SSSR count). The van der Waals surface area contributed by atoms with E-state index in [0.717, 1.165) is 55.4 Å². The Balaban J connectivity index is 1.27. The molecule has 0 unspecified atom stereocenters. The summed E-state index contributed by atoms with van der Waals surface area (Å²) in [5.41, 5.74) is 2.27. The maximum atomic E-state index is 13.3. The van der Waals surface area contributed by atoms with Crippen molar-refractivity contribution in [2.45, 2.75) is 49.6 Å². The number of rotatable bonds is 6. The van der Waals surface area contributed by atoms with Gasteiger partial charge in [0.1, 0.15) is 0 Å². The summed E-state index contributed by atoms with van der Waals surface area (Å²) in [7, 11) is 0. The number of hydrogen-bond acceptors (Lipinski definition) is 2. The standard InChI is InChI=1S/C24H27ClN2O/c25-21-9-7-20(8-10-21)24(11-4-12-24)22(28)26-17-23-13-19(14-23)16-27(23)15-18-5-2-1-3-6-18/h1-3,5-10,19H,4,11-17H2,(H,26,28). The summed E-state index contributed by atoms with van der Waals surface area (Å²) in [5, 5.41) is 4.08. The Morgan fingerprint density at radius 1 is 1.07 bits per heavy atom. The van der Waals surface area contributed by atoms with Gasteiger partial charge in [-0.2, -0.15) is 0 Å². The van der Waals surface area contributed by atoms with Crippen LogP contribution in [0.15, 0.2) is 54.6 Å². The smallest absolute Gasteiger partial charge is 0.230 e. The number of hydrogen-bond donors (Lipinski definition) is 1. The monoisotopic (exact) mass is 394 g/mol. The summed E-state index contributed by atoms with van der Waals surface area (Å²) >= 11 is 6.05. The Labute approximate surface area is 172 Å². The third-order valence-corrected chi connectivity index (χ3v) is 7.57. The van der Waals surface area contributed by atoms with Gasteiger partial charge in [0.05, 0.1) is 5.41 Å². The van der Waals surface area contributed by atoms with Crippen molar-refractivity contribution < 1.29 is 4.79 Å². The molecule has 2 aliphatic heterocycles. The average molecular weight is 395 g/mol. The van der Waals surface area contributed by atoms with Crippen LogP contribution in [0.1, 0.15) is 43.2 Å². The van der Waals surface area contributed by atoms with E-state index in [0.29, 0.717) is 0 Å². The third-order valence-electron chi connectivity index (χ3n) is 7.32. The topological polar surface area (TPSA) is 32.3 Å². The molecule has 0 spiro atoms. The molecule has 1 N–H and O–H groups in total. The Morgan fingerprint density at radius 2 is 1.79 bits per heavy atom. The highest BCUT2D eigenvalue weighted by molar-refractivity contribution is 6.30. The summed E-state index contributed by atoms with van der Waals surface area (Å²) in [6.45, 7) is 2.91. The SMILES string of the molecule is O=C(NCC12CC(CN1Cc1ccccc1)C2)C1(c2ccc(Cl)cc2)CCC1. The van der Waals surface area contributed by atoms with Gasteiger partial charge < -0.3 is 5.32 Å². The normalized spacial score (nSPS) is 27.7. The molecule has 28 heavy (non-hydrogen) atoms. The second-order valence-electron chi connectivity index (χ2n) is 8.99. The predicted molar refractivity (Wildman–Crippen MR) is 112 cm³/mol. The van der Waals surface area contributed by atoms with Gasteiger partial charge in [-0.1, -0.05) is 60.5 Å². The highest BCUT2D eigenvalue weighted by Gasteiger charge is 2.56. The van der Waals surface area contributed by atoms with Crippen LogP contribution >= 0.6 is 11.6 Å². The molecular formula is C24H27ClN2O. The van der Waals surface area contributed by atoms with Crippen molar-refractivity contribution in [3.05, 3.63) is 70.7 Å². The van der Waals surface area contributed by atoms with Gasteiger partial charge >= 0.3 is 0 Å². The predicted octanol–water partition coefficient (Wildman–Crippen LogP) is 4.54. The van der Waals surface area contributed by atoms with Crippen LogP contribution in [-0.4, -0.2) is 29.4 Å². The van der Waals surface area contributed by atoms with Crippen LogP contribution in [0, 0.1) is 5.92 Å². The lowest BCUT2D eigenvalue weighted by Gasteiger charge is -2.45. The number of nitrogens with one attached hydrogen (secondary N) is 1. The molecule has 4 aliphatic rings. The molecule has 0 radical (unpaired) electrons. The lowest BCUT2D eigenvalue weighted by Crippen LogP contribution is -2.57. The molecule has 2 heterocycles. The first-order valence-electron chi connectivity index (χ1n) is 10.4. The van der Waals surface area contributed by atoms with Crippen molar-refractivity contribution in [2.24, 2.45) is 5.92 Å². The second kappa shape index (κ2) is 6.89. The van der Waals surface area contributed by atoms with Gasteiger partial charge in [-0.15, -0.1) is 0 Å². The van der Waals surface area contributed by atoms with E-state index < -0.39 is 0 Å². The van der Waals surface area contributed by atoms with E-state index in [-0.39, 0.29) is 16.9 Å². The van der Waals surface area contributed by atoms with Gasteiger partial charge in [-0.3, -0.25) is 9.69 Å². The molecule has 2 bridgehead atoms. The lowest BCUT2D eigenvalue weighted by molar-refractivity contribution is -0.130. The zero-order chi connectivity index (χ0) is 19.2. The van der Waals surface area contributed by atoms with Crippen molar-refractivity contribution in [3.63, 3.8) is 0 Å². The molecule has 4 fully saturated rings. The number of fused-ring (bicyclic) bond motifs is 1. The summed E-state index contributed by atoms with van der Waals surface area (Å²) in [6, 6.07) is 18.5. The van der Waals surface area contributed by atoms with Crippen LogP contribution < -0.4 is 5.32 Å². The van der Waals surface area contributed by atoms with Gasteiger partial charge in [-0.25, -0.2) is 0 Å². The quantitative estimate of drug-likeness (QED) is 0.779. The van der Waals surface area contributed by atoms with Crippen LogP contribution in [0.2, 0.25) is 5.02 Å². The Morgan fingerprint density at radius 3 is 2.43 bits per heavy atom. The Hall–Kier alpha value is -1.84. The molecule has 2 saturated carbocycles. The van der Waals surface area contributed by atoms with E-state index in [1.165, 1.54) is 18.4 Å². The fourth-order valence-electron chi connectivity index (χ4n) is 5.56. The number of amides is 1. The zero-order valence-electron chi connectivity index (χ0n) is 16.2. The van der Waals surface area contributed by atoms with E-state index in [4.69, 9.17) is 11.6 Å². The maximum absolute atomic E-state index is 13.3. The maximum Gasteiger partial charge on any atom is 0.230 e. The number of carbonyl (C=O) groups excluding carboxylic acids is 1. The average Bonchev–Trinajstić information content (AvgIpc) is 3.15. The number of halogens is 1. The van der Waals surface area contributed by atoms with Crippen LogP contribution in [0.4, 0.5) is 0 Å². The molecular weight excluding hydrogens is 368 g/mol. The summed E-state index contributed by atoms with van der Waals surface area (Å²) in [5.74, 6) is 1.00. The van der Waals surface area contributed by atoms with Gasteiger partial charge in [0.2, 0.25) is 5.91 Å². The Bertz CT molecular complexity index is 854. The van der Waals surface area contributed by atoms with Crippen molar-refractivity contribution >= 4 is 17.5 Å². The first-order chi connectivity index (χ1) is 13.6. The number of carbonyl (C=O) groups is 1. The van der Waals surface area contributed by atoms with Crippen molar-refractivity contribution in [1.82, 2.24) is 10.2 Å². The second-order valence-corrected chi connectivity index (χ2v) is 9.43. The summed E-state index contributed by atoms with van der Waals surface area (Å²) in [4.78, 5) is 15.9. The van der Waals surface area contributed by atoms with Gasteiger partial charge in [0.15, 0.2) is 0 Å². The summed E-state index contributed by atoms with van der Waals surface area (Å²) in [6.07, 6.45) is 5.42. The van der Waals surface area contributed by atoms with E-state index in [2.05, 4.69) is 40.5 Å². The molecule has 1 amide bonds. The van der Waals surface area contributed by atoms with Crippen LogP contribution in [0.25, 0.3) is 0 Å². The highest BCUT2D eigenvalue weighted by atomic mass is 35.5. The minimum absolute atomic E-state index is 0.154. The first-order valence-corrected chi connectivity index (χ1v) is 10.8. The van der Waals surface area contributed by atoms with Crippen LogP contribution in [0.5, 0.6) is 0 Å². The first kappa shape index (κ1) is 18.2. The molecule has 2 aromatic carbocycles. The molecule has 146 valence electrons. The minimum Gasteiger partial charge on any atom is -0.353 e. The van der Waals surface area contributed by atoms with Crippen molar-refractivity contribution in [3.8, 4) is 0 Å². The minimum atomic E-state index is -0.354. The van der Waals surface area contributed by atoms with E-state index in [9.17, 15) is 4.79 Å². The largest absolute Gasteiger partial charge is 0.353 e. The van der Waals surface area contributed by atoms with Crippen LogP contribution in [0.3, 0.4) is 0 Å². The molecule has 0 aromatic heterocycles. The highest BCUT2D eigenvalue weighted by Crippen LogP contribution is 2.51. The van der Waals surface area contributed by atoms with Crippen LogP contribution in [-0.2, 0) is 16.8 Å². The fourth-order valence-corrected chi connectivity index (χ4v) is 5.69. The van der Waals surface area contributed by atoms with Crippen molar-refractivity contribution in [2.75, 3.05) is 13.1 Å². The van der Waals surface area contributed by atoms with E-state index in [1.807, 2.05) is 24.3 Å². The van der Waals surface area contributed by atoms with Gasteiger partial charge in [0, 0.05) is 30.2 Å².